The van der Waals surface area contributed by atoms with Gasteiger partial charge >= 0.3 is 0 Å². The van der Waals surface area contributed by atoms with Gasteiger partial charge in [-0.1, -0.05) is 0 Å². The van der Waals surface area contributed by atoms with Crippen molar-refractivity contribution in [2.75, 3.05) is 26.2 Å². The van der Waals surface area contributed by atoms with Crippen LogP contribution in [0.3, 0.4) is 0 Å². The van der Waals surface area contributed by atoms with Gasteiger partial charge in [-0.15, -0.1) is 0 Å². The summed E-state index contributed by atoms with van der Waals surface area (Å²) >= 11 is 0. The molecular weight excluding hydrogens is 268 g/mol. The Balaban J connectivity index is 1.96. The minimum absolute atomic E-state index is 0.000377. The molecule has 2 saturated heterocycles. The lowest BCUT2D eigenvalue weighted by Crippen LogP contribution is -2.61. The molecule has 6 atom stereocenters. The van der Waals surface area contributed by atoms with Crippen LogP contribution in [0, 0.1) is 0 Å². The Morgan fingerprint density at radius 1 is 0.905 bits per heavy atom. The highest BCUT2D eigenvalue weighted by Crippen LogP contribution is 2.28. The molecule has 0 spiro atoms. The number of hydrogen-bond donors (Lipinski definition) is 2. The van der Waals surface area contributed by atoms with Crippen molar-refractivity contribution in [2.24, 2.45) is 0 Å². The van der Waals surface area contributed by atoms with Crippen LogP contribution in [0.5, 0.6) is 0 Å². The van der Waals surface area contributed by atoms with Gasteiger partial charge in [0.05, 0.1) is 24.4 Å². The van der Waals surface area contributed by atoms with E-state index in [-0.39, 0.29) is 35.6 Å². The molecule has 2 heterocycles. The molecule has 0 radical (unpaired) electrons. The molecule has 5 nitrogen and oxygen atoms in total. The minimum Gasteiger partial charge on any atom is -0.369 e. The summed E-state index contributed by atoms with van der Waals surface area (Å²) in [6.07, 6.45) is 0.433. The molecule has 21 heavy (non-hydrogen) atoms. The van der Waals surface area contributed by atoms with Crippen LogP contribution < -0.4 is 10.6 Å². The Morgan fingerprint density at radius 3 is 1.62 bits per heavy atom. The van der Waals surface area contributed by atoms with E-state index >= 15 is 0 Å². The van der Waals surface area contributed by atoms with Crippen LogP contribution in [0.4, 0.5) is 0 Å². The summed E-state index contributed by atoms with van der Waals surface area (Å²) in [5.74, 6) is 0. The van der Waals surface area contributed by atoms with Crippen LogP contribution in [-0.2, 0) is 14.2 Å². The molecule has 6 unspecified atom stereocenters. The van der Waals surface area contributed by atoms with Gasteiger partial charge in [0.1, 0.15) is 11.2 Å². The number of morpholine rings is 2. The van der Waals surface area contributed by atoms with Gasteiger partial charge in [-0.05, 0) is 41.5 Å². The Kier molecular flexibility index (Phi) is 5.31. The van der Waals surface area contributed by atoms with E-state index in [9.17, 15) is 0 Å². The zero-order chi connectivity index (χ0) is 15.7. The van der Waals surface area contributed by atoms with Crippen molar-refractivity contribution in [1.82, 2.24) is 10.6 Å². The van der Waals surface area contributed by atoms with Gasteiger partial charge in [0, 0.05) is 26.2 Å². The molecule has 0 aromatic rings. The van der Waals surface area contributed by atoms with E-state index in [4.69, 9.17) is 14.2 Å². The summed E-state index contributed by atoms with van der Waals surface area (Å²) in [5, 5.41) is 6.85. The first-order valence-corrected chi connectivity index (χ1v) is 8.18. The van der Waals surface area contributed by atoms with Crippen molar-refractivity contribution >= 4 is 0 Å². The van der Waals surface area contributed by atoms with Crippen molar-refractivity contribution in [3.8, 4) is 0 Å². The lowest BCUT2D eigenvalue weighted by atomic mass is 9.94. The first-order valence-electron chi connectivity index (χ1n) is 8.18. The zero-order valence-corrected chi connectivity index (χ0v) is 14.4. The summed E-state index contributed by atoms with van der Waals surface area (Å²) < 4.78 is 18.6. The predicted octanol–water partition coefficient (Wildman–Crippen LogP) is 1.31. The van der Waals surface area contributed by atoms with Gasteiger partial charge in [0.15, 0.2) is 0 Å². The molecular formula is C16H32N2O3. The maximum Gasteiger partial charge on any atom is 0.104 e. The van der Waals surface area contributed by atoms with Gasteiger partial charge in [0.25, 0.3) is 0 Å². The van der Waals surface area contributed by atoms with Crippen LogP contribution >= 0.6 is 0 Å². The zero-order valence-electron chi connectivity index (χ0n) is 14.4. The first-order chi connectivity index (χ1) is 9.75. The second-order valence-electron chi connectivity index (χ2n) is 7.16. The third-order valence-corrected chi connectivity index (χ3v) is 4.88. The fraction of sp³-hybridized carbons (Fsp3) is 1.00. The summed E-state index contributed by atoms with van der Waals surface area (Å²) in [7, 11) is 0. The lowest BCUT2D eigenvalue weighted by molar-refractivity contribution is -0.223. The molecule has 124 valence electrons. The van der Waals surface area contributed by atoms with Crippen molar-refractivity contribution < 1.29 is 14.2 Å². The molecule has 2 aliphatic heterocycles. The SMILES string of the molecule is CC1CNCC(C)(C(C)OC(C)C2(C)CNCC(C)O2)O1. The molecule has 0 saturated carbocycles. The minimum atomic E-state index is -0.296. The molecule has 0 bridgehead atoms. The normalized spacial score (nSPS) is 44.3. The monoisotopic (exact) mass is 300 g/mol. The molecule has 0 aliphatic carbocycles. The Bertz CT molecular complexity index is 322. The van der Waals surface area contributed by atoms with E-state index in [2.05, 4.69) is 52.2 Å². The summed E-state index contributed by atoms with van der Waals surface area (Å²) in [5.41, 5.74) is -0.591. The average molecular weight is 300 g/mol. The van der Waals surface area contributed by atoms with Gasteiger partial charge < -0.3 is 24.8 Å². The van der Waals surface area contributed by atoms with E-state index in [1.807, 2.05) is 0 Å². The van der Waals surface area contributed by atoms with Crippen molar-refractivity contribution in [3.05, 3.63) is 0 Å². The maximum atomic E-state index is 6.30. The van der Waals surface area contributed by atoms with Gasteiger partial charge in [-0.2, -0.15) is 0 Å². The molecule has 0 amide bonds. The van der Waals surface area contributed by atoms with Crippen molar-refractivity contribution in [1.29, 1.82) is 0 Å². The molecule has 0 aromatic carbocycles. The van der Waals surface area contributed by atoms with Crippen molar-refractivity contribution in [2.45, 2.75) is 77.2 Å². The topological polar surface area (TPSA) is 51.8 Å². The highest BCUT2D eigenvalue weighted by Gasteiger charge is 2.43. The molecule has 2 N–H and O–H groups in total. The fourth-order valence-corrected chi connectivity index (χ4v) is 3.21. The molecule has 5 heteroatoms. The molecule has 2 aliphatic rings. The number of nitrogens with one attached hydrogen (secondary N) is 2. The average Bonchev–Trinajstić information content (AvgIpc) is 2.38. The van der Waals surface area contributed by atoms with Gasteiger partial charge in [-0.3, -0.25) is 0 Å². The van der Waals surface area contributed by atoms with Gasteiger partial charge in [-0.25, -0.2) is 0 Å². The van der Waals surface area contributed by atoms with Gasteiger partial charge in [0.2, 0.25) is 0 Å². The van der Waals surface area contributed by atoms with E-state index in [0.717, 1.165) is 26.2 Å². The highest BCUT2D eigenvalue weighted by molar-refractivity contribution is 4.94. The Morgan fingerprint density at radius 2 is 1.29 bits per heavy atom. The number of hydrogen-bond acceptors (Lipinski definition) is 5. The fourth-order valence-electron chi connectivity index (χ4n) is 3.21. The largest absolute Gasteiger partial charge is 0.369 e. The van der Waals surface area contributed by atoms with Crippen LogP contribution in [0.2, 0.25) is 0 Å². The molecule has 0 aromatic heterocycles. The smallest absolute Gasteiger partial charge is 0.104 e. The second-order valence-corrected chi connectivity index (χ2v) is 7.16. The summed E-state index contributed by atoms with van der Waals surface area (Å²) in [4.78, 5) is 0. The van der Waals surface area contributed by atoms with Crippen LogP contribution in [0.1, 0.15) is 41.5 Å². The maximum absolute atomic E-state index is 6.30. The van der Waals surface area contributed by atoms with Crippen LogP contribution in [0.15, 0.2) is 0 Å². The molecule has 2 fully saturated rings. The molecule has 2 rings (SSSR count). The van der Waals surface area contributed by atoms with E-state index < -0.39 is 0 Å². The summed E-state index contributed by atoms with van der Waals surface area (Å²) in [6, 6.07) is 0. The number of ether oxygens (including phenoxy) is 3. The van der Waals surface area contributed by atoms with Crippen LogP contribution in [-0.4, -0.2) is 61.8 Å². The highest BCUT2D eigenvalue weighted by atomic mass is 16.6. The van der Waals surface area contributed by atoms with E-state index in [1.54, 1.807) is 0 Å². The van der Waals surface area contributed by atoms with Crippen molar-refractivity contribution in [3.63, 3.8) is 0 Å². The van der Waals surface area contributed by atoms with Crippen LogP contribution in [0.25, 0.3) is 0 Å². The summed E-state index contributed by atoms with van der Waals surface area (Å²) in [6.45, 7) is 16.1. The predicted molar refractivity (Wildman–Crippen MR) is 83.7 cm³/mol. The Hall–Kier alpha value is -0.200. The standard InChI is InChI=1S/C16H32N2O3/c1-11-7-17-9-15(5,20-11)13(3)19-14(4)16(6)10-18-8-12(2)21-16/h11-14,17-18H,7-10H2,1-6H3. The third kappa shape index (κ3) is 3.96. The van der Waals surface area contributed by atoms with E-state index in [1.165, 1.54) is 0 Å². The second kappa shape index (κ2) is 6.50. The number of rotatable bonds is 4. The first kappa shape index (κ1) is 17.2. The Labute approximate surface area is 129 Å². The quantitative estimate of drug-likeness (QED) is 0.820. The van der Waals surface area contributed by atoms with E-state index in [0.29, 0.717) is 0 Å². The third-order valence-electron chi connectivity index (χ3n) is 4.88. The lowest BCUT2D eigenvalue weighted by Gasteiger charge is -2.46.